The lowest BCUT2D eigenvalue weighted by Crippen LogP contribution is -2.10. The van der Waals surface area contributed by atoms with Crippen LogP contribution in [-0.2, 0) is 11.2 Å². The average molecular weight is 330 g/mol. The lowest BCUT2D eigenvalue weighted by Gasteiger charge is -2.18. The predicted octanol–water partition coefficient (Wildman–Crippen LogP) is 4.02. The molecule has 3 aromatic rings. The van der Waals surface area contributed by atoms with Gasteiger partial charge in [-0.2, -0.15) is 0 Å². The number of thioether (sulfide) groups is 1. The summed E-state index contributed by atoms with van der Waals surface area (Å²) in [6.07, 6.45) is 0. The Morgan fingerprint density at radius 1 is 0.957 bits per heavy atom. The molecule has 0 unspecified atom stereocenters. The Labute approximate surface area is 138 Å². The number of aryl methyl sites for hydroxylation is 1. The van der Waals surface area contributed by atoms with Gasteiger partial charge in [0.2, 0.25) is 17.7 Å². The summed E-state index contributed by atoms with van der Waals surface area (Å²) >= 11 is 1.37. The van der Waals surface area contributed by atoms with Crippen molar-refractivity contribution in [2.75, 3.05) is 0 Å². The molecule has 0 radical (unpaired) electrons. The normalized spacial score (nSPS) is 11.8. The summed E-state index contributed by atoms with van der Waals surface area (Å²) in [7, 11) is 0. The summed E-state index contributed by atoms with van der Waals surface area (Å²) in [5.41, 5.74) is 2.30. The van der Waals surface area contributed by atoms with Crippen molar-refractivity contribution in [3.05, 3.63) is 41.6 Å². The topological polar surface area (TPSA) is 77.8 Å². The van der Waals surface area contributed by atoms with Crippen LogP contribution in [0.5, 0.6) is 0 Å². The molecule has 0 spiro atoms. The summed E-state index contributed by atoms with van der Waals surface area (Å²) in [6, 6.07) is 8.19. The molecule has 0 amide bonds. The summed E-state index contributed by atoms with van der Waals surface area (Å²) in [4.78, 5) is 0. The zero-order valence-corrected chi connectivity index (χ0v) is 14.3. The molecule has 0 N–H and O–H groups in total. The second-order valence-electron chi connectivity index (χ2n) is 6.20. The highest BCUT2D eigenvalue weighted by atomic mass is 32.2. The van der Waals surface area contributed by atoms with Gasteiger partial charge in [0.25, 0.3) is 5.22 Å². The van der Waals surface area contributed by atoms with Crippen LogP contribution in [-0.4, -0.2) is 20.4 Å². The van der Waals surface area contributed by atoms with Gasteiger partial charge in [-0.15, -0.1) is 20.4 Å². The van der Waals surface area contributed by atoms with E-state index in [1.807, 2.05) is 12.1 Å². The van der Waals surface area contributed by atoms with Gasteiger partial charge >= 0.3 is 0 Å². The largest absolute Gasteiger partial charge is 0.425 e. The van der Waals surface area contributed by atoms with E-state index in [9.17, 15) is 0 Å². The smallest absolute Gasteiger partial charge is 0.277 e. The van der Waals surface area contributed by atoms with Crippen molar-refractivity contribution in [1.29, 1.82) is 0 Å². The van der Waals surface area contributed by atoms with Gasteiger partial charge in [0.05, 0.1) is 5.75 Å². The first-order chi connectivity index (χ1) is 10.9. The van der Waals surface area contributed by atoms with Gasteiger partial charge in [0.15, 0.2) is 0 Å². The molecule has 7 heteroatoms. The highest BCUT2D eigenvalue weighted by Crippen LogP contribution is 2.28. The van der Waals surface area contributed by atoms with Gasteiger partial charge < -0.3 is 8.83 Å². The number of hydrogen-bond acceptors (Lipinski definition) is 7. The first-order valence-corrected chi connectivity index (χ1v) is 8.26. The van der Waals surface area contributed by atoms with E-state index < -0.39 is 0 Å². The Balaban J connectivity index is 1.69. The van der Waals surface area contributed by atoms with E-state index in [0.29, 0.717) is 28.6 Å². The van der Waals surface area contributed by atoms with Crippen LogP contribution in [0.4, 0.5) is 0 Å². The zero-order valence-electron chi connectivity index (χ0n) is 13.5. The first-order valence-electron chi connectivity index (χ1n) is 7.28. The molecule has 0 bridgehead atoms. The summed E-state index contributed by atoms with van der Waals surface area (Å²) in [5.74, 6) is 2.10. The van der Waals surface area contributed by atoms with E-state index in [0.717, 1.165) is 5.56 Å². The second kappa shape index (κ2) is 6.16. The van der Waals surface area contributed by atoms with E-state index in [1.54, 1.807) is 6.92 Å². The predicted molar refractivity (Wildman–Crippen MR) is 87.0 cm³/mol. The molecule has 0 aliphatic rings. The van der Waals surface area contributed by atoms with Gasteiger partial charge in [-0.1, -0.05) is 44.7 Å². The maximum Gasteiger partial charge on any atom is 0.277 e. The van der Waals surface area contributed by atoms with Crippen LogP contribution in [0.2, 0.25) is 0 Å². The fourth-order valence-electron chi connectivity index (χ4n) is 2.02. The van der Waals surface area contributed by atoms with Crippen molar-refractivity contribution in [2.45, 2.75) is 44.1 Å². The Morgan fingerprint density at radius 2 is 1.70 bits per heavy atom. The SMILES string of the molecule is Cc1nnc(CSc2nnc(-c3ccc(C(C)(C)C)cc3)o2)o1. The Hall–Kier alpha value is -2.15. The summed E-state index contributed by atoms with van der Waals surface area (Å²) in [6.45, 7) is 8.31. The van der Waals surface area contributed by atoms with Crippen LogP contribution in [0, 0.1) is 6.92 Å². The quantitative estimate of drug-likeness (QED) is 0.668. The van der Waals surface area contributed by atoms with Crippen LogP contribution < -0.4 is 0 Å². The number of nitrogens with zero attached hydrogens (tertiary/aromatic N) is 4. The van der Waals surface area contributed by atoms with Crippen LogP contribution in [0.3, 0.4) is 0 Å². The Bertz CT molecular complexity index is 787. The average Bonchev–Trinajstić information content (AvgIpc) is 3.13. The third-order valence-electron chi connectivity index (χ3n) is 3.29. The minimum Gasteiger partial charge on any atom is -0.425 e. The van der Waals surface area contributed by atoms with Crippen LogP contribution in [0.15, 0.2) is 38.3 Å². The van der Waals surface area contributed by atoms with Crippen molar-refractivity contribution < 1.29 is 8.83 Å². The van der Waals surface area contributed by atoms with E-state index in [1.165, 1.54) is 17.3 Å². The molecular formula is C16H18N4O2S. The van der Waals surface area contributed by atoms with Crippen molar-refractivity contribution >= 4 is 11.8 Å². The van der Waals surface area contributed by atoms with Gasteiger partial charge in [0, 0.05) is 12.5 Å². The molecule has 1 aromatic carbocycles. The van der Waals surface area contributed by atoms with Crippen LogP contribution >= 0.6 is 11.8 Å². The fourth-order valence-corrected chi connectivity index (χ4v) is 2.62. The molecule has 0 atom stereocenters. The molecule has 3 rings (SSSR count). The molecule has 0 aliphatic heterocycles. The number of rotatable bonds is 4. The number of aromatic nitrogens is 4. The monoisotopic (exact) mass is 330 g/mol. The highest BCUT2D eigenvalue weighted by molar-refractivity contribution is 7.98. The first kappa shape index (κ1) is 15.7. The molecular weight excluding hydrogens is 312 g/mol. The standard InChI is InChI=1S/C16H18N4O2S/c1-10-17-18-13(21-10)9-23-15-20-19-14(22-15)11-5-7-12(8-6-11)16(2,3)4/h5-8H,9H2,1-4H3. The second-order valence-corrected chi connectivity index (χ2v) is 7.13. The van der Waals surface area contributed by atoms with Crippen molar-refractivity contribution in [3.8, 4) is 11.5 Å². The molecule has 23 heavy (non-hydrogen) atoms. The summed E-state index contributed by atoms with van der Waals surface area (Å²) in [5, 5.41) is 16.3. The third-order valence-corrected chi connectivity index (χ3v) is 4.09. The Morgan fingerprint density at radius 3 is 2.30 bits per heavy atom. The lowest BCUT2D eigenvalue weighted by atomic mass is 9.87. The van der Waals surface area contributed by atoms with Crippen LogP contribution in [0.1, 0.15) is 38.1 Å². The van der Waals surface area contributed by atoms with Crippen LogP contribution in [0.25, 0.3) is 11.5 Å². The Kier molecular flexibility index (Phi) is 4.21. The van der Waals surface area contributed by atoms with Gasteiger partial charge in [-0.05, 0) is 23.1 Å². The van der Waals surface area contributed by atoms with E-state index in [4.69, 9.17) is 8.83 Å². The summed E-state index contributed by atoms with van der Waals surface area (Å²) < 4.78 is 11.0. The van der Waals surface area contributed by atoms with E-state index in [-0.39, 0.29) is 5.41 Å². The molecule has 2 heterocycles. The van der Waals surface area contributed by atoms with E-state index in [2.05, 4.69) is 53.3 Å². The molecule has 0 saturated carbocycles. The van der Waals surface area contributed by atoms with E-state index >= 15 is 0 Å². The maximum absolute atomic E-state index is 5.67. The minimum absolute atomic E-state index is 0.122. The molecule has 2 aromatic heterocycles. The third kappa shape index (κ3) is 3.79. The maximum atomic E-state index is 5.67. The highest BCUT2D eigenvalue weighted by Gasteiger charge is 2.15. The van der Waals surface area contributed by atoms with Crippen molar-refractivity contribution in [3.63, 3.8) is 0 Å². The van der Waals surface area contributed by atoms with Gasteiger partial charge in [-0.25, -0.2) is 0 Å². The lowest BCUT2D eigenvalue weighted by molar-refractivity contribution is 0.461. The van der Waals surface area contributed by atoms with Crippen molar-refractivity contribution in [1.82, 2.24) is 20.4 Å². The number of benzene rings is 1. The van der Waals surface area contributed by atoms with Gasteiger partial charge in [-0.3, -0.25) is 0 Å². The van der Waals surface area contributed by atoms with Gasteiger partial charge in [0.1, 0.15) is 0 Å². The molecule has 0 aliphatic carbocycles. The molecule has 6 nitrogen and oxygen atoms in total. The number of hydrogen-bond donors (Lipinski definition) is 0. The molecule has 120 valence electrons. The minimum atomic E-state index is 0.122. The fraction of sp³-hybridized carbons (Fsp3) is 0.375. The molecule has 0 fully saturated rings. The van der Waals surface area contributed by atoms with Crippen molar-refractivity contribution in [2.24, 2.45) is 0 Å². The molecule has 0 saturated heterocycles. The zero-order chi connectivity index (χ0) is 16.4.